The van der Waals surface area contributed by atoms with E-state index in [4.69, 9.17) is 4.74 Å². The standard InChI is InChI=1S/C16H20N2O2/c1-11(2)10-13-4-6-14(7-5-13)12(3)15(19)20-16-17-8-9-18-16/h4-9,11-12H,10H2,1-3H3,(H,17,18). The van der Waals surface area contributed by atoms with E-state index in [0.717, 1.165) is 12.0 Å². The zero-order valence-corrected chi connectivity index (χ0v) is 12.1. The predicted molar refractivity (Wildman–Crippen MR) is 77.6 cm³/mol. The van der Waals surface area contributed by atoms with Gasteiger partial charge in [-0.2, -0.15) is 0 Å². The highest BCUT2D eigenvalue weighted by molar-refractivity contribution is 5.79. The number of nitrogens with zero attached hydrogens (tertiary/aromatic N) is 1. The summed E-state index contributed by atoms with van der Waals surface area (Å²) in [6, 6.07) is 8.37. The molecule has 0 bridgehead atoms. The van der Waals surface area contributed by atoms with E-state index in [1.165, 1.54) is 5.56 Å². The molecule has 1 atom stereocenters. The Morgan fingerprint density at radius 2 is 1.95 bits per heavy atom. The molecule has 4 heteroatoms. The molecule has 0 saturated heterocycles. The molecule has 106 valence electrons. The van der Waals surface area contributed by atoms with Crippen LogP contribution in [0.3, 0.4) is 0 Å². The van der Waals surface area contributed by atoms with Crippen LogP contribution in [-0.2, 0) is 11.2 Å². The number of ether oxygens (including phenoxy) is 1. The van der Waals surface area contributed by atoms with E-state index in [-0.39, 0.29) is 17.9 Å². The molecule has 1 heterocycles. The molecule has 0 radical (unpaired) electrons. The van der Waals surface area contributed by atoms with Crippen molar-refractivity contribution in [3.63, 3.8) is 0 Å². The summed E-state index contributed by atoms with van der Waals surface area (Å²) in [6.07, 6.45) is 4.22. The average molecular weight is 272 g/mol. The minimum absolute atomic E-state index is 0.235. The van der Waals surface area contributed by atoms with Crippen LogP contribution in [0.1, 0.15) is 37.8 Å². The van der Waals surface area contributed by atoms with Gasteiger partial charge in [-0.05, 0) is 30.4 Å². The number of aromatic amines is 1. The molecule has 0 spiro atoms. The zero-order chi connectivity index (χ0) is 14.5. The van der Waals surface area contributed by atoms with Crippen LogP contribution in [0.2, 0.25) is 0 Å². The molecule has 1 aromatic carbocycles. The predicted octanol–water partition coefficient (Wildman–Crippen LogP) is 3.32. The van der Waals surface area contributed by atoms with Crippen molar-refractivity contribution in [1.29, 1.82) is 0 Å². The van der Waals surface area contributed by atoms with Crippen molar-refractivity contribution in [1.82, 2.24) is 9.97 Å². The monoisotopic (exact) mass is 272 g/mol. The van der Waals surface area contributed by atoms with Gasteiger partial charge in [-0.15, -0.1) is 0 Å². The van der Waals surface area contributed by atoms with Crippen LogP contribution in [0.15, 0.2) is 36.7 Å². The quantitative estimate of drug-likeness (QED) is 0.849. The van der Waals surface area contributed by atoms with Crippen molar-refractivity contribution in [2.75, 3.05) is 0 Å². The fourth-order valence-electron chi connectivity index (χ4n) is 2.04. The molecule has 2 rings (SSSR count). The Bertz CT molecular complexity index is 544. The SMILES string of the molecule is CC(C)Cc1ccc(C(C)C(=O)Oc2ncc[nH]2)cc1. The van der Waals surface area contributed by atoms with Crippen molar-refractivity contribution in [3.8, 4) is 6.01 Å². The minimum atomic E-state index is -0.312. The third-order valence-corrected chi connectivity index (χ3v) is 3.15. The second kappa shape index (κ2) is 6.37. The highest BCUT2D eigenvalue weighted by Gasteiger charge is 2.18. The number of imidazole rings is 1. The Labute approximate surface area is 119 Å². The first-order valence-corrected chi connectivity index (χ1v) is 6.86. The zero-order valence-electron chi connectivity index (χ0n) is 12.1. The van der Waals surface area contributed by atoms with Gasteiger partial charge in [-0.1, -0.05) is 38.1 Å². The van der Waals surface area contributed by atoms with Crippen LogP contribution in [0.4, 0.5) is 0 Å². The third kappa shape index (κ3) is 3.70. The minimum Gasteiger partial charge on any atom is -0.392 e. The summed E-state index contributed by atoms with van der Waals surface area (Å²) in [5.74, 6) is 0.00644. The number of hydrogen-bond acceptors (Lipinski definition) is 3. The largest absolute Gasteiger partial charge is 0.392 e. The van der Waals surface area contributed by atoms with Crippen LogP contribution < -0.4 is 4.74 Å². The number of hydrogen-bond donors (Lipinski definition) is 1. The summed E-state index contributed by atoms with van der Waals surface area (Å²) in [5.41, 5.74) is 2.24. The van der Waals surface area contributed by atoms with Gasteiger partial charge in [-0.25, -0.2) is 4.98 Å². The first kappa shape index (κ1) is 14.3. The number of rotatable bonds is 5. The van der Waals surface area contributed by atoms with Crippen molar-refractivity contribution in [2.45, 2.75) is 33.1 Å². The molecular weight excluding hydrogens is 252 g/mol. The molecule has 1 N–H and O–H groups in total. The maximum Gasteiger partial charge on any atom is 0.320 e. The van der Waals surface area contributed by atoms with Crippen molar-refractivity contribution in [3.05, 3.63) is 47.8 Å². The van der Waals surface area contributed by atoms with E-state index in [2.05, 4.69) is 35.9 Å². The number of benzene rings is 1. The highest BCUT2D eigenvalue weighted by atomic mass is 16.5. The lowest BCUT2D eigenvalue weighted by molar-refractivity contribution is -0.136. The summed E-state index contributed by atoms with van der Waals surface area (Å²) in [6.45, 7) is 6.22. The number of carbonyl (C=O) groups is 1. The van der Waals surface area contributed by atoms with E-state index in [9.17, 15) is 4.79 Å². The van der Waals surface area contributed by atoms with Crippen molar-refractivity contribution < 1.29 is 9.53 Å². The maximum absolute atomic E-state index is 12.0. The average Bonchev–Trinajstić information content (AvgIpc) is 2.91. The van der Waals surface area contributed by atoms with Crippen molar-refractivity contribution >= 4 is 5.97 Å². The molecule has 0 aliphatic carbocycles. The van der Waals surface area contributed by atoms with Crippen LogP contribution >= 0.6 is 0 Å². The summed E-state index contributed by atoms with van der Waals surface area (Å²) < 4.78 is 5.16. The normalized spacial score (nSPS) is 12.4. The first-order chi connectivity index (χ1) is 9.56. The van der Waals surface area contributed by atoms with Gasteiger partial charge in [0, 0.05) is 12.4 Å². The van der Waals surface area contributed by atoms with Gasteiger partial charge in [0.15, 0.2) is 0 Å². The molecule has 1 unspecified atom stereocenters. The lowest BCUT2D eigenvalue weighted by atomic mass is 9.97. The summed E-state index contributed by atoms with van der Waals surface area (Å²) in [5, 5.41) is 0. The van der Waals surface area contributed by atoms with Crippen LogP contribution in [0.5, 0.6) is 6.01 Å². The van der Waals surface area contributed by atoms with Crippen molar-refractivity contribution in [2.24, 2.45) is 5.92 Å². The van der Waals surface area contributed by atoms with Gasteiger partial charge < -0.3 is 9.72 Å². The number of carbonyl (C=O) groups excluding carboxylic acids is 1. The van der Waals surface area contributed by atoms with Crippen LogP contribution in [0.25, 0.3) is 0 Å². The smallest absolute Gasteiger partial charge is 0.320 e. The Morgan fingerprint density at radius 1 is 1.25 bits per heavy atom. The Morgan fingerprint density at radius 3 is 2.50 bits per heavy atom. The molecular formula is C16H20N2O2. The van der Waals surface area contributed by atoms with Crippen LogP contribution in [0, 0.1) is 5.92 Å². The highest BCUT2D eigenvalue weighted by Crippen LogP contribution is 2.19. The topological polar surface area (TPSA) is 55.0 Å². The van der Waals surface area contributed by atoms with Gasteiger partial charge in [0.05, 0.1) is 5.92 Å². The molecule has 0 fully saturated rings. The number of aromatic nitrogens is 2. The van der Waals surface area contributed by atoms with E-state index < -0.39 is 0 Å². The maximum atomic E-state index is 12.0. The summed E-state index contributed by atoms with van der Waals surface area (Å²) in [7, 11) is 0. The van der Waals surface area contributed by atoms with Gasteiger partial charge >= 0.3 is 12.0 Å². The molecule has 0 aliphatic heterocycles. The Balaban J connectivity index is 2.01. The van der Waals surface area contributed by atoms with Gasteiger partial charge in [0.1, 0.15) is 0 Å². The van der Waals surface area contributed by atoms with E-state index in [1.54, 1.807) is 12.4 Å². The molecule has 2 aromatic rings. The van der Waals surface area contributed by atoms with E-state index >= 15 is 0 Å². The second-order valence-electron chi connectivity index (χ2n) is 5.38. The second-order valence-corrected chi connectivity index (χ2v) is 5.38. The van der Waals surface area contributed by atoms with E-state index in [0.29, 0.717) is 5.92 Å². The lowest BCUT2D eigenvalue weighted by Crippen LogP contribution is -2.16. The fraction of sp³-hybridized carbons (Fsp3) is 0.375. The van der Waals surface area contributed by atoms with Gasteiger partial charge in [-0.3, -0.25) is 4.79 Å². The summed E-state index contributed by atoms with van der Waals surface area (Å²) >= 11 is 0. The molecule has 0 saturated carbocycles. The van der Waals surface area contributed by atoms with Crippen LogP contribution in [-0.4, -0.2) is 15.9 Å². The molecule has 0 aliphatic rings. The molecule has 4 nitrogen and oxygen atoms in total. The van der Waals surface area contributed by atoms with E-state index in [1.807, 2.05) is 19.1 Å². The molecule has 0 amide bonds. The first-order valence-electron chi connectivity index (χ1n) is 6.86. The number of H-pyrrole nitrogens is 1. The van der Waals surface area contributed by atoms with Gasteiger partial charge in [0.25, 0.3) is 0 Å². The number of nitrogens with one attached hydrogen (secondary N) is 1. The van der Waals surface area contributed by atoms with Gasteiger partial charge in [0.2, 0.25) is 0 Å². The fourth-order valence-corrected chi connectivity index (χ4v) is 2.04. The Kier molecular flexibility index (Phi) is 4.56. The molecule has 20 heavy (non-hydrogen) atoms. The lowest BCUT2D eigenvalue weighted by Gasteiger charge is -2.11. The third-order valence-electron chi connectivity index (χ3n) is 3.15. The number of esters is 1. The Hall–Kier alpha value is -2.10. The summed E-state index contributed by atoms with van der Waals surface area (Å²) in [4.78, 5) is 18.6. The molecule has 1 aromatic heterocycles.